The average molecular weight is 428 g/mol. The highest BCUT2D eigenvalue weighted by atomic mass is 32.2. The molecule has 0 radical (unpaired) electrons. The van der Waals surface area contributed by atoms with Gasteiger partial charge in [-0.05, 0) is 65.5 Å². The van der Waals surface area contributed by atoms with E-state index in [1.54, 1.807) is 29.2 Å². The van der Waals surface area contributed by atoms with Gasteiger partial charge in [0.1, 0.15) is 5.60 Å². The quantitative estimate of drug-likeness (QED) is 0.462. The van der Waals surface area contributed by atoms with Crippen molar-refractivity contribution in [3.63, 3.8) is 0 Å². The minimum Gasteiger partial charge on any atom is -0.444 e. The topological polar surface area (TPSA) is 82.1 Å². The number of carbonyl (C=O) groups is 1. The van der Waals surface area contributed by atoms with Crippen molar-refractivity contribution in [1.82, 2.24) is 4.90 Å². The maximum atomic E-state index is 12.1. The molecule has 1 saturated heterocycles. The summed E-state index contributed by atoms with van der Waals surface area (Å²) in [5, 5.41) is 0. The van der Waals surface area contributed by atoms with Gasteiger partial charge in [0.05, 0.1) is 17.6 Å². The lowest BCUT2D eigenvalue weighted by atomic mass is 10.1. The second-order valence-corrected chi connectivity index (χ2v) is 9.95. The highest BCUT2D eigenvalue weighted by Gasteiger charge is 2.27. The summed E-state index contributed by atoms with van der Waals surface area (Å²) in [6.07, 6.45) is 2.71. The van der Waals surface area contributed by atoms with E-state index in [1.165, 1.54) is 0 Å². The van der Waals surface area contributed by atoms with Crippen molar-refractivity contribution in [3.8, 4) is 0 Å². The van der Waals surface area contributed by atoms with Gasteiger partial charge in [0, 0.05) is 19.7 Å². The largest absolute Gasteiger partial charge is 0.444 e. The van der Waals surface area contributed by atoms with E-state index in [0.29, 0.717) is 26.1 Å². The molecule has 8 heteroatoms. The molecule has 1 aliphatic heterocycles. The molecule has 0 aromatic heterocycles. The van der Waals surface area contributed by atoms with Gasteiger partial charge in [-0.25, -0.2) is 4.79 Å². The Morgan fingerprint density at radius 1 is 1.07 bits per heavy atom. The van der Waals surface area contributed by atoms with Crippen molar-refractivity contribution in [2.24, 2.45) is 0 Å². The van der Waals surface area contributed by atoms with Crippen molar-refractivity contribution in [2.75, 3.05) is 26.3 Å². The van der Waals surface area contributed by atoms with Crippen LogP contribution in [0.4, 0.5) is 4.79 Å². The van der Waals surface area contributed by atoms with Gasteiger partial charge in [-0.15, -0.1) is 0 Å². The predicted molar refractivity (Wildman–Crippen MR) is 110 cm³/mol. The van der Waals surface area contributed by atoms with Crippen LogP contribution in [0.25, 0.3) is 0 Å². The van der Waals surface area contributed by atoms with Gasteiger partial charge < -0.3 is 14.4 Å². The fourth-order valence-corrected chi connectivity index (χ4v) is 3.87. The summed E-state index contributed by atoms with van der Waals surface area (Å²) in [6, 6.07) is 6.60. The molecule has 1 amide bonds. The number of piperidine rings is 1. The molecule has 0 atom stereocenters. The normalized spacial score (nSPS) is 16.1. The van der Waals surface area contributed by atoms with E-state index in [0.717, 1.165) is 24.8 Å². The Bertz CT molecular complexity index is 746. The lowest BCUT2D eigenvalue weighted by Crippen LogP contribution is -2.43. The molecule has 0 N–H and O–H groups in total. The smallest absolute Gasteiger partial charge is 0.410 e. The molecule has 29 heavy (non-hydrogen) atoms. The van der Waals surface area contributed by atoms with Gasteiger partial charge >= 0.3 is 6.09 Å². The average Bonchev–Trinajstić information content (AvgIpc) is 2.64. The fourth-order valence-electron chi connectivity index (χ4n) is 2.93. The van der Waals surface area contributed by atoms with Gasteiger partial charge in [0.2, 0.25) is 0 Å². The maximum Gasteiger partial charge on any atom is 0.410 e. The summed E-state index contributed by atoms with van der Waals surface area (Å²) in [6.45, 7) is 9.40. The second-order valence-electron chi connectivity index (χ2n) is 8.33. The molecule has 0 aliphatic carbocycles. The highest BCUT2D eigenvalue weighted by Crippen LogP contribution is 2.18. The first-order valence-electron chi connectivity index (χ1n) is 10.1. The maximum absolute atomic E-state index is 12.1. The number of ether oxygens (including phenoxy) is 2. The third kappa shape index (κ3) is 8.32. The Hall–Kier alpha value is -1.64. The number of hydrogen-bond donors (Lipinski definition) is 0. The van der Waals surface area contributed by atoms with E-state index in [4.69, 9.17) is 13.7 Å². The van der Waals surface area contributed by atoms with Crippen molar-refractivity contribution < 1.29 is 26.9 Å². The second kappa shape index (κ2) is 10.4. The molecule has 1 aliphatic rings. The molecule has 164 valence electrons. The SMILES string of the molecule is Cc1ccc(S(=O)(=O)OCCCCOC2CCN(C(=O)OC(C)(C)C)CC2)cc1. The van der Waals surface area contributed by atoms with Crippen LogP contribution in [0.3, 0.4) is 0 Å². The van der Waals surface area contributed by atoms with E-state index in [-0.39, 0.29) is 23.7 Å². The fraction of sp³-hybridized carbons (Fsp3) is 0.667. The molecule has 0 unspecified atom stereocenters. The first kappa shape index (κ1) is 23.6. The van der Waals surface area contributed by atoms with Gasteiger partial charge in [0.25, 0.3) is 10.1 Å². The van der Waals surface area contributed by atoms with Crippen LogP contribution in [0, 0.1) is 6.92 Å². The highest BCUT2D eigenvalue weighted by molar-refractivity contribution is 7.86. The first-order chi connectivity index (χ1) is 13.6. The molecular weight excluding hydrogens is 394 g/mol. The zero-order valence-electron chi connectivity index (χ0n) is 17.8. The van der Waals surface area contributed by atoms with E-state index < -0.39 is 15.7 Å². The predicted octanol–water partition coefficient (Wildman–Crippen LogP) is 3.90. The third-order valence-corrected chi connectivity index (χ3v) is 5.86. The third-order valence-electron chi connectivity index (χ3n) is 4.53. The van der Waals surface area contributed by atoms with Crippen LogP contribution in [0.1, 0.15) is 52.0 Å². The monoisotopic (exact) mass is 427 g/mol. The van der Waals surface area contributed by atoms with E-state index in [9.17, 15) is 13.2 Å². The number of hydrogen-bond acceptors (Lipinski definition) is 6. The zero-order valence-corrected chi connectivity index (χ0v) is 18.7. The minimum absolute atomic E-state index is 0.117. The van der Waals surface area contributed by atoms with Crippen molar-refractivity contribution in [1.29, 1.82) is 0 Å². The molecule has 0 saturated carbocycles. The summed E-state index contributed by atoms with van der Waals surface area (Å²) in [5.41, 5.74) is 0.512. The molecule has 7 nitrogen and oxygen atoms in total. The number of likely N-dealkylation sites (tertiary alicyclic amines) is 1. The lowest BCUT2D eigenvalue weighted by Gasteiger charge is -2.33. The standard InChI is InChI=1S/C21H33NO6S/c1-17-7-9-19(10-8-17)29(24,25)27-16-6-5-15-26-18-11-13-22(14-12-18)20(23)28-21(2,3)4/h7-10,18H,5-6,11-16H2,1-4H3. The van der Waals surface area contributed by atoms with Crippen LogP contribution in [-0.4, -0.2) is 57.4 Å². The van der Waals surface area contributed by atoms with Crippen molar-refractivity contribution >= 4 is 16.2 Å². The number of carbonyl (C=O) groups excluding carboxylic acids is 1. The summed E-state index contributed by atoms with van der Waals surface area (Å²) < 4.78 is 40.5. The Balaban J connectivity index is 1.58. The van der Waals surface area contributed by atoms with Crippen molar-refractivity contribution in [3.05, 3.63) is 29.8 Å². The summed E-state index contributed by atoms with van der Waals surface area (Å²) in [5.74, 6) is 0. The van der Waals surface area contributed by atoms with E-state index >= 15 is 0 Å². The van der Waals surface area contributed by atoms with Gasteiger partial charge in [-0.3, -0.25) is 4.18 Å². The number of nitrogens with zero attached hydrogens (tertiary/aromatic N) is 1. The summed E-state index contributed by atoms with van der Waals surface area (Å²) in [7, 11) is -3.70. The number of benzene rings is 1. The number of aryl methyl sites for hydroxylation is 1. The Morgan fingerprint density at radius 2 is 1.66 bits per heavy atom. The van der Waals surface area contributed by atoms with E-state index in [1.807, 2.05) is 27.7 Å². The van der Waals surface area contributed by atoms with Crippen LogP contribution in [-0.2, 0) is 23.8 Å². The molecule has 1 aromatic carbocycles. The van der Waals surface area contributed by atoms with Gasteiger partial charge in [-0.2, -0.15) is 8.42 Å². The Labute approximate surface area is 174 Å². The van der Waals surface area contributed by atoms with Crippen LogP contribution in [0.5, 0.6) is 0 Å². The molecule has 0 spiro atoms. The van der Waals surface area contributed by atoms with Crippen molar-refractivity contribution in [2.45, 2.75) is 70.0 Å². The van der Waals surface area contributed by atoms with Crippen LogP contribution in [0.2, 0.25) is 0 Å². The number of amides is 1. The van der Waals surface area contributed by atoms with Crippen LogP contribution < -0.4 is 0 Å². The summed E-state index contributed by atoms with van der Waals surface area (Å²) in [4.78, 5) is 13.9. The Kier molecular flexibility index (Phi) is 8.48. The molecule has 1 heterocycles. The first-order valence-corrected chi connectivity index (χ1v) is 11.5. The summed E-state index contributed by atoms with van der Waals surface area (Å²) >= 11 is 0. The van der Waals surface area contributed by atoms with Crippen LogP contribution in [0.15, 0.2) is 29.2 Å². The van der Waals surface area contributed by atoms with E-state index in [2.05, 4.69) is 0 Å². The number of unbranched alkanes of at least 4 members (excludes halogenated alkanes) is 1. The van der Waals surface area contributed by atoms with Gasteiger partial charge in [0.15, 0.2) is 0 Å². The Morgan fingerprint density at radius 3 is 2.24 bits per heavy atom. The molecule has 1 fully saturated rings. The lowest BCUT2D eigenvalue weighted by molar-refractivity contribution is -0.0124. The molecule has 1 aromatic rings. The van der Waals surface area contributed by atoms with Crippen LogP contribution >= 0.6 is 0 Å². The zero-order chi connectivity index (χ0) is 21.5. The van der Waals surface area contributed by atoms with Gasteiger partial charge in [-0.1, -0.05) is 17.7 Å². The molecular formula is C21H33NO6S. The number of rotatable bonds is 8. The molecule has 2 rings (SSSR count). The molecule has 0 bridgehead atoms. The minimum atomic E-state index is -3.70.